The van der Waals surface area contributed by atoms with Crippen LogP contribution in [-0.2, 0) is 14.6 Å². The second-order valence-electron chi connectivity index (χ2n) is 4.72. The van der Waals surface area contributed by atoms with Gasteiger partial charge >= 0.3 is 0 Å². The number of ether oxygens (including phenoxy) is 1. The van der Waals surface area contributed by atoms with E-state index in [9.17, 15) is 12.8 Å². The van der Waals surface area contributed by atoms with Crippen LogP contribution in [0.15, 0.2) is 23.1 Å². The predicted molar refractivity (Wildman–Crippen MR) is 70.1 cm³/mol. The van der Waals surface area contributed by atoms with Crippen LogP contribution in [0.3, 0.4) is 0 Å². The van der Waals surface area contributed by atoms with Crippen LogP contribution in [0.2, 0.25) is 0 Å². The van der Waals surface area contributed by atoms with Crippen LogP contribution in [0.1, 0.15) is 0 Å². The number of sulfone groups is 1. The number of rotatable bonds is 3. The Labute approximate surface area is 112 Å². The third kappa shape index (κ3) is 3.43. The minimum absolute atomic E-state index is 0.0607. The van der Waals surface area contributed by atoms with Gasteiger partial charge in [-0.3, -0.25) is 0 Å². The summed E-state index contributed by atoms with van der Waals surface area (Å²) in [6.45, 7) is 1.81. The number of nitrogen functional groups attached to an aromatic ring is 1. The molecule has 7 heteroatoms. The molecule has 1 unspecified atom stereocenters. The number of likely N-dealkylation sites (N-methyl/N-ethyl adjacent to an activating group) is 1. The second-order valence-corrected chi connectivity index (χ2v) is 6.72. The average Bonchev–Trinajstić information content (AvgIpc) is 2.31. The molecule has 1 fully saturated rings. The van der Waals surface area contributed by atoms with Gasteiger partial charge in [0.1, 0.15) is 5.82 Å². The van der Waals surface area contributed by atoms with Gasteiger partial charge in [0.15, 0.2) is 9.84 Å². The Balaban J connectivity index is 2.20. The molecule has 0 amide bonds. The van der Waals surface area contributed by atoms with E-state index in [1.54, 1.807) is 0 Å². The number of morpholine rings is 1. The largest absolute Gasteiger partial charge is 0.398 e. The van der Waals surface area contributed by atoms with Crippen LogP contribution in [0.25, 0.3) is 0 Å². The lowest BCUT2D eigenvalue weighted by Gasteiger charge is -2.29. The van der Waals surface area contributed by atoms with Crippen LogP contribution in [0, 0.1) is 5.82 Å². The maximum absolute atomic E-state index is 13.2. The van der Waals surface area contributed by atoms with Gasteiger partial charge < -0.3 is 15.4 Å². The Morgan fingerprint density at radius 3 is 2.95 bits per heavy atom. The zero-order valence-electron chi connectivity index (χ0n) is 10.7. The molecular weight excluding hydrogens is 271 g/mol. The van der Waals surface area contributed by atoms with E-state index in [4.69, 9.17) is 10.5 Å². The summed E-state index contributed by atoms with van der Waals surface area (Å²) in [5.41, 5.74) is 5.67. The van der Waals surface area contributed by atoms with E-state index in [-0.39, 0.29) is 16.3 Å². The molecule has 0 spiro atoms. The van der Waals surface area contributed by atoms with Gasteiger partial charge in [0.25, 0.3) is 0 Å². The Morgan fingerprint density at radius 2 is 2.26 bits per heavy atom. The number of nitrogens with zero attached hydrogens (tertiary/aromatic N) is 1. The Morgan fingerprint density at radius 1 is 1.53 bits per heavy atom. The maximum atomic E-state index is 13.2. The molecule has 1 aliphatic rings. The fourth-order valence-corrected chi connectivity index (χ4v) is 3.67. The minimum Gasteiger partial charge on any atom is -0.398 e. The summed E-state index contributed by atoms with van der Waals surface area (Å²) < 4.78 is 43.0. The van der Waals surface area contributed by atoms with E-state index in [1.807, 2.05) is 11.9 Å². The van der Waals surface area contributed by atoms with Crippen molar-refractivity contribution in [3.8, 4) is 0 Å². The first kappa shape index (κ1) is 14.2. The van der Waals surface area contributed by atoms with Gasteiger partial charge in [0.05, 0.1) is 29.0 Å². The fourth-order valence-electron chi connectivity index (χ4n) is 2.08. The quantitative estimate of drug-likeness (QED) is 0.821. The van der Waals surface area contributed by atoms with Crippen molar-refractivity contribution >= 4 is 15.5 Å². The number of nitrogens with two attached hydrogens (primary N) is 1. The van der Waals surface area contributed by atoms with Crippen molar-refractivity contribution in [2.45, 2.75) is 11.0 Å². The molecule has 0 aliphatic carbocycles. The molecule has 1 aromatic carbocycles. The first-order chi connectivity index (χ1) is 8.88. The Kier molecular flexibility index (Phi) is 4.07. The van der Waals surface area contributed by atoms with E-state index in [2.05, 4.69) is 0 Å². The molecule has 0 saturated carbocycles. The molecule has 2 rings (SSSR count). The van der Waals surface area contributed by atoms with Crippen molar-refractivity contribution in [2.75, 3.05) is 38.2 Å². The number of hydrogen-bond acceptors (Lipinski definition) is 5. The number of hydrogen-bond donors (Lipinski definition) is 1. The molecule has 2 N–H and O–H groups in total. The second kappa shape index (κ2) is 5.44. The predicted octanol–water partition coefficient (Wildman–Crippen LogP) is 0.512. The smallest absolute Gasteiger partial charge is 0.183 e. The lowest BCUT2D eigenvalue weighted by molar-refractivity contribution is -0.00680. The van der Waals surface area contributed by atoms with Crippen molar-refractivity contribution in [3.05, 3.63) is 24.0 Å². The summed E-state index contributed by atoms with van der Waals surface area (Å²) in [5.74, 6) is -0.806. The molecule has 106 valence electrons. The highest BCUT2D eigenvalue weighted by Gasteiger charge is 2.27. The zero-order valence-corrected chi connectivity index (χ0v) is 11.5. The van der Waals surface area contributed by atoms with Gasteiger partial charge in [-0.05, 0) is 25.2 Å². The van der Waals surface area contributed by atoms with E-state index in [0.717, 1.165) is 18.7 Å². The molecule has 1 atom stereocenters. The molecule has 0 bridgehead atoms. The summed E-state index contributed by atoms with van der Waals surface area (Å²) in [6, 6.07) is 3.35. The normalized spacial score (nSPS) is 21.5. The topological polar surface area (TPSA) is 72.6 Å². The van der Waals surface area contributed by atoms with E-state index >= 15 is 0 Å². The summed E-state index contributed by atoms with van der Waals surface area (Å²) in [4.78, 5) is 1.84. The highest BCUT2D eigenvalue weighted by molar-refractivity contribution is 7.91. The monoisotopic (exact) mass is 288 g/mol. The first-order valence-electron chi connectivity index (χ1n) is 5.96. The van der Waals surface area contributed by atoms with E-state index in [1.165, 1.54) is 6.07 Å². The number of halogens is 1. The Bertz CT molecular complexity index is 562. The summed E-state index contributed by atoms with van der Waals surface area (Å²) in [6.07, 6.45) is -0.411. The van der Waals surface area contributed by atoms with Gasteiger partial charge in [-0.15, -0.1) is 0 Å². The van der Waals surface area contributed by atoms with Gasteiger partial charge in [-0.2, -0.15) is 0 Å². The molecular formula is C12H17FN2O3S. The van der Waals surface area contributed by atoms with Crippen molar-refractivity contribution in [1.82, 2.24) is 4.90 Å². The van der Waals surface area contributed by atoms with Crippen molar-refractivity contribution in [2.24, 2.45) is 0 Å². The van der Waals surface area contributed by atoms with Crippen LogP contribution in [-0.4, -0.2) is 51.9 Å². The molecule has 1 heterocycles. The van der Waals surface area contributed by atoms with Crippen LogP contribution in [0.4, 0.5) is 10.1 Å². The van der Waals surface area contributed by atoms with Crippen molar-refractivity contribution in [3.63, 3.8) is 0 Å². The van der Waals surface area contributed by atoms with Gasteiger partial charge in [0, 0.05) is 13.1 Å². The molecule has 19 heavy (non-hydrogen) atoms. The third-order valence-corrected chi connectivity index (χ3v) is 4.89. The standard InChI is InChI=1S/C12H17FN2O3S/c1-15-4-5-18-10(7-15)8-19(16,17)12-6-9(13)2-3-11(12)14/h2-3,6,10H,4-5,7-8,14H2,1H3. The number of benzene rings is 1. The summed E-state index contributed by atoms with van der Waals surface area (Å²) in [7, 11) is -1.75. The highest BCUT2D eigenvalue weighted by Crippen LogP contribution is 2.22. The molecule has 0 aromatic heterocycles. The van der Waals surface area contributed by atoms with E-state index < -0.39 is 21.8 Å². The lowest BCUT2D eigenvalue weighted by atomic mass is 10.3. The van der Waals surface area contributed by atoms with Gasteiger partial charge in [-0.1, -0.05) is 0 Å². The summed E-state index contributed by atoms with van der Waals surface area (Å²) in [5, 5.41) is 0. The van der Waals surface area contributed by atoms with Crippen LogP contribution >= 0.6 is 0 Å². The highest BCUT2D eigenvalue weighted by atomic mass is 32.2. The zero-order chi connectivity index (χ0) is 14.0. The van der Waals surface area contributed by atoms with Crippen LogP contribution in [0.5, 0.6) is 0 Å². The minimum atomic E-state index is -3.65. The molecule has 0 radical (unpaired) electrons. The maximum Gasteiger partial charge on any atom is 0.183 e. The fraction of sp³-hybridized carbons (Fsp3) is 0.500. The Hall–Kier alpha value is -1.18. The van der Waals surface area contributed by atoms with E-state index in [0.29, 0.717) is 13.2 Å². The molecule has 5 nitrogen and oxygen atoms in total. The SMILES string of the molecule is CN1CCOC(CS(=O)(=O)c2cc(F)ccc2N)C1. The third-order valence-electron chi connectivity index (χ3n) is 3.06. The summed E-state index contributed by atoms with van der Waals surface area (Å²) >= 11 is 0. The first-order valence-corrected chi connectivity index (χ1v) is 7.61. The lowest BCUT2D eigenvalue weighted by Crippen LogP contribution is -2.43. The average molecular weight is 288 g/mol. The molecule has 1 saturated heterocycles. The van der Waals surface area contributed by atoms with Gasteiger partial charge in [0.2, 0.25) is 0 Å². The van der Waals surface area contributed by atoms with Crippen molar-refractivity contribution in [1.29, 1.82) is 0 Å². The van der Waals surface area contributed by atoms with Crippen LogP contribution < -0.4 is 5.73 Å². The molecule has 1 aliphatic heterocycles. The number of anilines is 1. The molecule has 1 aromatic rings. The van der Waals surface area contributed by atoms with Crippen molar-refractivity contribution < 1.29 is 17.5 Å². The van der Waals surface area contributed by atoms with Gasteiger partial charge in [-0.25, -0.2) is 12.8 Å².